The molecule has 0 aliphatic carbocycles. The molecule has 108 valence electrons. The fraction of sp³-hybridized carbons (Fsp3) is 0.750. The smallest absolute Gasteiger partial charge is 0.333 e. The van der Waals surface area contributed by atoms with Crippen LogP contribution in [-0.4, -0.2) is 33.0 Å². The summed E-state index contributed by atoms with van der Waals surface area (Å²) in [6.45, 7) is 4.65. The van der Waals surface area contributed by atoms with Crippen molar-refractivity contribution in [3.8, 4) is 0 Å². The lowest BCUT2D eigenvalue weighted by molar-refractivity contribution is -0.384. The molecule has 1 rings (SSSR count). The Kier molecular flexibility index (Phi) is 5.75. The van der Waals surface area contributed by atoms with E-state index in [2.05, 4.69) is 10.4 Å². The van der Waals surface area contributed by atoms with E-state index in [0.29, 0.717) is 30.9 Å². The highest BCUT2D eigenvalue weighted by Crippen LogP contribution is 2.29. The number of anilines is 1. The van der Waals surface area contributed by atoms with Crippen molar-refractivity contribution < 1.29 is 10.0 Å². The van der Waals surface area contributed by atoms with E-state index in [1.807, 2.05) is 13.8 Å². The number of nitrogens with one attached hydrogen (secondary N) is 1. The Morgan fingerprint density at radius 3 is 2.79 bits per heavy atom. The number of aromatic nitrogens is 2. The third kappa shape index (κ3) is 3.92. The van der Waals surface area contributed by atoms with E-state index in [4.69, 9.17) is 5.11 Å². The zero-order valence-corrected chi connectivity index (χ0v) is 11.7. The van der Waals surface area contributed by atoms with Gasteiger partial charge in [0.2, 0.25) is 5.82 Å². The molecule has 0 saturated heterocycles. The minimum Gasteiger partial charge on any atom is -0.396 e. The van der Waals surface area contributed by atoms with Gasteiger partial charge in [0, 0.05) is 20.2 Å². The first-order valence-corrected chi connectivity index (χ1v) is 6.56. The molecule has 0 spiro atoms. The van der Waals surface area contributed by atoms with E-state index in [0.717, 1.165) is 6.42 Å². The summed E-state index contributed by atoms with van der Waals surface area (Å²) in [6, 6.07) is 0. The van der Waals surface area contributed by atoms with Gasteiger partial charge in [0.1, 0.15) is 5.69 Å². The number of aryl methyl sites for hydroxylation is 2. The normalized spacial score (nSPS) is 12.4. The van der Waals surface area contributed by atoms with Crippen molar-refractivity contribution in [2.45, 2.75) is 33.1 Å². The van der Waals surface area contributed by atoms with Crippen LogP contribution in [0, 0.1) is 16.0 Å². The van der Waals surface area contributed by atoms with Crippen LogP contribution in [0.25, 0.3) is 0 Å². The molecule has 0 aliphatic rings. The van der Waals surface area contributed by atoms with Crippen LogP contribution in [-0.2, 0) is 13.5 Å². The predicted octanol–water partition coefficient (Wildman–Crippen LogP) is 1.71. The molecule has 0 fully saturated rings. The molecule has 0 bridgehead atoms. The molecule has 1 heterocycles. The Morgan fingerprint density at radius 1 is 1.58 bits per heavy atom. The van der Waals surface area contributed by atoms with Crippen molar-refractivity contribution in [1.29, 1.82) is 0 Å². The molecular formula is C12H22N4O3. The van der Waals surface area contributed by atoms with Crippen LogP contribution >= 0.6 is 0 Å². The molecular weight excluding hydrogens is 248 g/mol. The fourth-order valence-electron chi connectivity index (χ4n) is 1.96. The number of hydrogen-bond donors (Lipinski definition) is 2. The quantitative estimate of drug-likeness (QED) is 0.554. The average Bonchev–Trinajstić information content (AvgIpc) is 2.64. The first-order valence-electron chi connectivity index (χ1n) is 6.56. The third-order valence-electron chi connectivity index (χ3n) is 3.00. The summed E-state index contributed by atoms with van der Waals surface area (Å²) in [7, 11) is 1.70. The molecule has 1 unspecified atom stereocenters. The second kappa shape index (κ2) is 7.08. The summed E-state index contributed by atoms with van der Waals surface area (Å²) in [6.07, 6.45) is 2.08. The fourth-order valence-corrected chi connectivity index (χ4v) is 1.96. The van der Waals surface area contributed by atoms with E-state index < -0.39 is 0 Å². The summed E-state index contributed by atoms with van der Waals surface area (Å²) in [4.78, 5) is 10.8. The number of nitro groups is 1. The van der Waals surface area contributed by atoms with Gasteiger partial charge in [-0.2, -0.15) is 5.10 Å². The van der Waals surface area contributed by atoms with Gasteiger partial charge in [-0.1, -0.05) is 20.3 Å². The van der Waals surface area contributed by atoms with Gasteiger partial charge in [0.05, 0.1) is 4.92 Å². The van der Waals surface area contributed by atoms with Crippen LogP contribution in [0.4, 0.5) is 11.5 Å². The van der Waals surface area contributed by atoms with Gasteiger partial charge in [-0.05, 0) is 18.8 Å². The maximum atomic E-state index is 11.2. The van der Waals surface area contributed by atoms with Gasteiger partial charge < -0.3 is 10.4 Å². The molecule has 7 heteroatoms. The topological polar surface area (TPSA) is 93.2 Å². The molecule has 0 saturated carbocycles. The molecule has 1 atom stereocenters. The lowest BCUT2D eigenvalue weighted by atomic mass is 10.1. The van der Waals surface area contributed by atoms with Gasteiger partial charge >= 0.3 is 5.69 Å². The van der Waals surface area contributed by atoms with E-state index in [-0.39, 0.29) is 23.1 Å². The third-order valence-corrected chi connectivity index (χ3v) is 3.00. The first-order chi connectivity index (χ1) is 9.01. The van der Waals surface area contributed by atoms with Crippen LogP contribution < -0.4 is 5.32 Å². The highest BCUT2D eigenvalue weighted by molar-refractivity contribution is 5.59. The van der Waals surface area contributed by atoms with Gasteiger partial charge in [-0.3, -0.25) is 10.1 Å². The Bertz CT molecular complexity index is 431. The number of nitrogens with zero attached hydrogens (tertiary/aromatic N) is 3. The summed E-state index contributed by atoms with van der Waals surface area (Å²) in [5.74, 6) is 0.687. The van der Waals surface area contributed by atoms with E-state index in [1.54, 1.807) is 7.05 Å². The summed E-state index contributed by atoms with van der Waals surface area (Å²) in [5, 5.41) is 27.3. The molecule has 0 aliphatic heterocycles. The predicted molar refractivity (Wildman–Crippen MR) is 73.2 cm³/mol. The standard InChI is InChI=1S/C12H22N4O3/c1-4-5-10-11(16(18)19)12(15(3)14-10)13-8-9(2)6-7-17/h9,13,17H,4-8H2,1-3H3. The van der Waals surface area contributed by atoms with E-state index in [1.165, 1.54) is 4.68 Å². The summed E-state index contributed by atoms with van der Waals surface area (Å²) < 4.78 is 1.52. The monoisotopic (exact) mass is 270 g/mol. The highest BCUT2D eigenvalue weighted by Gasteiger charge is 2.26. The average molecular weight is 270 g/mol. The Morgan fingerprint density at radius 2 is 2.26 bits per heavy atom. The van der Waals surface area contributed by atoms with Crippen LogP contribution in [0.5, 0.6) is 0 Å². The minimum absolute atomic E-state index is 0.0700. The van der Waals surface area contributed by atoms with E-state index >= 15 is 0 Å². The van der Waals surface area contributed by atoms with Crippen molar-refractivity contribution in [1.82, 2.24) is 9.78 Å². The Labute approximate surface area is 112 Å². The number of aliphatic hydroxyl groups is 1. The summed E-state index contributed by atoms with van der Waals surface area (Å²) in [5.41, 5.74) is 0.591. The van der Waals surface area contributed by atoms with Crippen molar-refractivity contribution in [3.05, 3.63) is 15.8 Å². The Hall–Kier alpha value is -1.63. The number of hydrogen-bond acceptors (Lipinski definition) is 5. The van der Waals surface area contributed by atoms with Crippen molar-refractivity contribution in [2.24, 2.45) is 13.0 Å². The van der Waals surface area contributed by atoms with Crippen LogP contribution in [0.15, 0.2) is 0 Å². The second-order valence-corrected chi connectivity index (χ2v) is 4.77. The molecule has 0 aromatic carbocycles. The largest absolute Gasteiger partial charge is 0.396 e. The molecule has 1 aromatic heterocycles. The van der Waals surface area contributed by atoms with Crippen LogP contribution in [0.1, 0.15) is 32.4 Å². The molecule has 0 amide bonds. The molecule has 0 radical (unpaired) electrons. The minimum atomic E-state index is -0.378. The SMILES string of the molecule is CCCc1nn(C)c(NCC(C)CCO)c1[N+](=O)[O-]. The molecule has 2 N–H and O–H groups in total. The maximum Gasteiger partial charge on any atom is 0.333 e. The van der Waals surface area contributed by atoms with Crippen LogP contribution in [0.2, 0.25) is 0 Å². The zero-order chi connectivity index (χ0) is 14.4. The van der Waals surface area contributed by atoms with Gasteiger partial charge in [-0.25, -0.2) is 4.68 Å². The number of aliphatic hydroxyl groups excluding tert-OH is 1. The Balaban J connectivity index is 2.89. The van der Waals surface area contributed by atoms with Gasteiger partial charge in [0.15, 0.2) is 0 Å². The molecule has 7 nitrogen and oxygen atoms in total. The van der Waals surface area contributed by atoms with Crippen molar-refractivity contribution in [2.75, 3.05) is 18.5 Å². The lowest BCUT2D eigenvalue weighted by Gasteiger charge is -2.11. The van der Waals surface area contributed by atoms with E-state index in [9.17, 15) is 10.1 Å². The lowest BCUT2D eigenvalue weighted by Crippen LogP contribution is -2.15. The van der Waals surface area contributed by atoms with Crippen LogP contribution in [0.3, 0.4) is 0 Å². The van der Waals surface area contributed by atoms with Crippen molar-refractivity contribution in [3.63, 3.8) is 0 Å². The number of rotatable bonds is 8. The van der Waals surface area contributed by atoms with Gasteiger partial charge in [0.25, 0.3) is 0 Å². The summed E-state index contributed by atoms with van der Waals surface area (Å²) >= 11 is 0. The highest BCUT2D eigenvalue weighted by atomic mass is 16.6. The maximum absolute atomic E-state index is 11.2. The zero-order valence-electron chi connectivity index (χ0n) is 11.7. The van der Waals surface area contributed by atoms with Crippen molar-refractivity contribution >= 4 is 11.5 Å². The first kappa shape index (κ1) is 15.4. The molecule has 1 aromatic rings. The molecule has 19 heavy (non-hydrogen) atoms. The van der Waals surface area contributed by atoms with Gasteiger partial charge in [-0.15, -0.1) is 0 Å². The second-order valence-electron chi connectivity index (χ2n) is 4.77.